The zero-order valence-electron chi connectivity index (χ0n) is 13.2. The van der Waals surface area contributed by atoms with Gasteiger partial charge in [0.25, 0.3) is 0 Å². The second kappa shape index (κ2) is 7.56. The van der Waals surface area contributed by atoms with E-state index in [4.69, 9.17) is 4.74 Å². The van der Waals surface area contributed by atoms with E-state index in [-0.39, 0.29) is 11.8 Å². The molecule has 1 aliphatic heterocycles. The highest BCUT2D eigenvalue weighted by atomic mass is 16.5. The third kappa shape index (κ3) is 4.54. The summed E-state index contributed by atoms with van der Waals surface area (Å²) in [5, 5.41) is 7.23. The van der Waals surface area contributed by atoms with Gasteiger partial charge in [0, 0.05) is 32.4 Å². The third-order valence-corrected chi connectivity index (χ3v) is 3.89. The third-order valence-electron chi connectivity index (χ3n) is 3.89. The summed E-state index contributed by atoms with van der Waals surface area (Å²) in [6, 6.07) is 0.301. The Labute approximate surface area is 126 Å². The van der Waals surface area contributed by atoms with Crippen molar-refractivity contribution in [2.24, 2.45) is 5.92 Å². The van der Waals surface area contributed by atoms with Gasteiger partial charge in [0.1, 0.15) is 0 Å². The first-order valence-electron chi connectivity index (χ1n) is 7.66. The van der Waals surface area contributed by atoms with Crippen molar-refractivity contribution in [3.63, 3.8) is 0 Å². The van der Waals surface area contributed by atoms with Crippen molar-refractivity contribution in [1.82, 2.24) is 14.7 Å². The lowest BCUT2D eigenvalue weighted by Gasteiger charge is -2.31. The van der Waals surface area contributed by atoms with Crippen LogP contribution < -0.4 is 5.32 Å². The summed E-state index contributed by atoms with van der Waals surface area (Å²) in [5.74, 6) is 0.151. The lowest BCUT2D eigenvalue weighted by Crippen LogP contribution is -2.41. The summed E-state index contributed by atoms with van der Waals surface area (Å²) in [6.45, 7) is 7.60. The fourth-order valence-corrected chi connectivity index (χ4v) is 2.62. The number of nitrogens with one attached hydrogen (secondary N) is 1. The quantitative estimate of drug-likeness (QED) is 0.868. The van der Waals surface area contributed by atoms with Gasteiger partial charge in [-0.15, -0.1) is 0 Å². The zero-order valence-corrected chi connectivity index (χ0v) is 13.2. The summed E-state index contributed by atoms with van der Waals surface area (Å²) in [6.07, 6.45) is 5.61. The Kier molecular flexibility index (Phi) is 5.76. The minimum absolute atomic E-state index is 0.0537. The van der Waals surface area contributed by atoms with Crippen LogP contribution in [-0.2, 0) is 9.53 Å². The van der Waals surface area contributed by atoms with Crippen LogP contribution in [0.4, 0.5) is 5.69 Å². The van der Waals surface area contributed by atoms with E-state index in [2.05, 4.69) is 29.2 Å². The van der Waals surface area contributed by atoms with Gasteiger partial charge >= 0.3 is 0 Å². The molecule has 6 heteroatoms. The molecular weight excluding hydrogens is 268 g/mol. The predicted octanol–water partition coefficient (Wildman–Crippen LogP) is 1.76. The van der Waals surface area contributed by atoms with Crippen molar-refractivity contribution >= 4 is 11.6 Å². The molecule has 1 saturated heterocycles. The Morgan fingerprint density at radius 2 is 2.38 bits per heavy atom. The fourth-order valence-electron chi connectivity index (χ4n) is 2.62. The number of piperidine rings is 1. The largest absolute Gasteiger partial charge is 0.383 e. The first-order valence-corrected chi connectivity index (χ1v) is 7.66. The van der Waals surface area contributed by atoms with Crippen LogP contribution in [0.25, 0.3) is 0 Å². The van der Waals surface area contributed by atoms with E-state index in [1.54, 1.807) is 13.3 Å². The van der Waals surface area contributed by atoms with Crippen molar-refractivity contribution in [1.29, 1.82) is 0 Å². The molecule has 0 bridgehead atoms. The molecule has 2 rings (SSSR count). The number of carbonyl (C=O) groups is 1. The van der Waals surface area contributed by atoms with Crippen LogP contribution in [0.15, 0.2) is 12.4 Å². The maximum atomic E-state index is 12.4. The van der Waals surface area contributed by atoms with Crippen molar-refractivity contribution in [3.05, 3.63) is 12.4 Å². The summed E-state index contributed by atoms with van der Waals surface area (Å²) in [7, 11) is 1.71. The Hall–Kier alpha value is -1.40. The normalized spacial score (nSPS) is 19.9. The molecule has 0 saturated carbocycles. The van der Waals surface area contributed by atoms with Crippen LogP contribution >= 0.6 is 0 Å². The van der Waals surface area contributed by atoms with E-state index in [9.17, 15) is 4.79 Å². The number of carbonyl (C=O) groups excluding carboxylic acids is 1. The first-order chi connectivity index (χ1) is 10.1. The average molecular weight is 294 g/mol. The summed E-state index contributed by atoms with van der Waals surface area (Å²) >= 11 is 0. The van der Waals surface area contributed by atoms with Gasteiger partial charge in [0.2, 0.25) is 5.91 Å². The Balaban J connectivity index is 1.86. The highest BCUT2D eigenvalue weighted by molar-refractivity contribution is 5.92. The van der Waals surface area contributed by atoms with Crippen molar-refractivity contribution in [3.8, 4) is 0 Å². The molecule has 1 amide bonds. The first kappa shape index (κ1) is 16.0. The molecule has 1 fully saturated rings. The van der Waals surface area contributed by atoms with E-state index in [0.717, 1.165) is 44.8 Å². The highest BCUT2D eigenvalue weighted by Crippen LogP contribution is 2.19. The molecule has 1 aromatic heterocycles. The Bertz CT molecular complexity index is 458. The Morgan fingerprint density at radius 1 is 1.57 bits per heavy atom. The number of likely N-dealkylation sites (tertiary alicyclic amines) is 1. The molecule has 2 heterocycles. The molecule has 0 radical (unpaired) electrons. The SMILES string of the molecule is COCCN1CCCC(C(=O)Nc2cnn(C(C)C)c2)C1. The fraction of sp³-hybridized carbons (Fsp3) is 0.733. The van der Waals surface area contributed by atoms with Gasteiger partial charge in [-0.2, -0.15) is 5.10 Å². The standard InChI is InChI=1S/C15H26N4O2/c1-12(2)19-11-14(9-16-19)17-15(20)13-5-4-6-18(10-13)7-8-21-3/h9,11-13H,4-8,10H2,1-3H3,(H,17,20). The summed E-state index contributed by atoms with van der Waals surface area (Å²) < 4.78 is 6.96. The molecule has 0 aliphatic carbocycles. The number of aromatic nitrogens is 2. The van der Waals surface area contributed by atoms with Crippen molar-refractivity contribution in [2.45, 2.75) is 32.7 Å². The Morgan fingerprint density at radius 3 is 3.05 bits per heavy atom. The molecule has 1 N–H and O–H groups in total. The van der Waals surface area contributed by atoms with Crippen LogP contribution in [0.5, 0.6) is 0 Å². The minimum Gasteiger partial charge on any atom is -0.383 e. The van der Waals surface area contributed by atoms with Crippen LogP contribution in [0, 0.1) is 5.92 Å². The van der Waals surface area contributed by atoms with Crippen LogP contribution in [0.1, 0.15) is 32.7 Å². The molecule has 21 heavy (non-hydrogen) atoms. The smallest absolute Gasteiger partial charge is 0.228 e. The topological polar surface area (TPSA) is 59.4 Å². The number of anilines is 1. The lowest BCUT2D eigenvalue weighted by atomic mass is 9.97. The molecule has 1 unspecified atom stereocenters. The molecule has 6 nitrogen and oxygen atoms in total. The zero-order chi connectivity index (χ0) is 15.2. The van der Waals surface area contributed by atoms with Gasteiger partial charge in [-0.25, -0.2) is 0 Å². The summed E-state index contributed by atoms with van der Waals surface area (Å²) in [4.78, 5) is 14.7. The number of hydrogen-bond acceptors (Lipinski definition) is 4. The average Bonchev–Trinajstić information content (AvgIpc) is 2.94. The van der Waals surface area contributed by atoms with Crippen LogP contribution in [0.3, 0.4) is 0 Å². The van der Waals surface area contributed by atoms with Crippen molar-refractivity contribution in [2.75, 3.05) is 38.7 Å². The number of methoxy groups -OCH3 is 1. The van der Waals surface area contributed by atoms with Gasteiger partial charge in [0.15, 0.2) is 0 Å². The molecule has 1 aromatic rings. The van der Waals surface area contributed by atoms with Gasteiger partial charge in [0.05, 0.1) is 24.4 Å². The van der Waals surface area contributed by atoms with Crippen LogP contribution in [0.2, 0.25) is 0 Å². The second-order valence-corrected chi connectivity index (χ2v) is 5.92. The monoisotopic (exact) mass is 294 g/mol. The molecule has 1 aliphatic rings. The molecule has 1 atom stereocenters. The maximum Gasteiger partial charge on any atom is 0.228 e. The second-order valence-electron chi connectivity index (χ2n) is 5.92. The van der Waals surface area contributed by atoms with E-state index in [0.29, 0.717) is 6.04 Å². The van der Waals surface area contributed by atoms with Gasteiger partial charge in [-0.05, 0) is 33.2 Å². The number of nitrogens with zero attached hydrogens (tertiary/aromatic N) is 3. The van der Waals surface area contributed by atoms with Crippen LogP contribution in [-0.4, -0.2) is 53.9 Å². The highest BCUT2D eigenvalue weighted by Gasteiger charge is 2.25. The summed E-state index contributed by atoms with van der Waals surface area (Å²) in [5.41, 5.74) is 0.780. The van der Waals surface area contributed by atoms with Gasteiger partial charge < -0.3 is 15.0 Å². The minimum atomic E-state index is 0.0537. The van der Waals surface area contributed by atoms with Crippen molar-refractivity contribution < 1.29 is 9.53 Å². The lowest BCUT2D eigenvalue weighted by molar-refractivity contribution is -0.121. The molecular formula is C15H26N4O2. The van der Waals surface area contributed by atoms with E-state index < -0.39 is 0 Å². The number of amides is 1. The molecule has 118 valence electrons. The predicted molar refractivity (Wildman–Crippen MR) is 82.3 cm³/mol. The molecule has 0 spiro atoms. The number of rotatable bonds is 6. The number of hydrogen-bond donors (Lipinski definition) is 1. The van der Waals surface area contributed by atoms with E-state index >= 15 is 0 Å². The maximum absolute atomic E-state index is 12.4. The van der Waals surface area contributed by atoms with Gasteiger partial charge in [-0.3, -0.25) is 9.48 Å². The van der Waals surface area contributed by atoms with Gasteiger partial charge in [-0.1, -0.05) is 0 Å². The van der Waals surface area contributed by atoms with E-state index in [1.165, 1.54) is 0 Å². The number of ether oxygens (including phenoxy) is 1. The molecule has 0 aromatic carbocycles. The van der Waals surface area contributed by atoms with E-state index in [1.807, 2.05) is 10.9 Å².